The van der Waals surface area contributed by atoms with Gasteiger partial charge in [-0.05, 0) is 12.1 Å². The molecule has 1 aromatic rings. The summed E-state index contributed by atoms with van der Waals surface area (Å²) in [7, 11) is 1.93. The van der Waals surface area contributed by atoms with E-state index < -0.39 is 0 Å². The van der Waals surface area contributed by atoms with Gasteiger partial charge in [0.05, 0.1) is 6.00 Å². The molecule has 2 nitrogen and oxygen atoms in total. The van der Waals surface area contributed by atoms with Crippen LogP contribution in [0.15, 0.2) is 24.5 Å². The lowest BCUT2D eigenvalue weighted by Crippen LogP contribution is -2.13. The number of halogens is 1. The van der Waals surface area contributed by atoms with Crippen LogP contribution in [0.1, 0.15) is 0 Å². The summed E-state index contributed by atoms with van der Waals surface area (Å²) < 4.78 is 0. The van der Waals surface area contributed by atoms with Crippen molar-refractivity contribution in [1.29, 1.82) is 0 Å². The molecule has 0 N–H and O–H groups in total. The monoisotopic (exact) mass is 156 g/mol. The second-order valence-electron chi connectivity index (χ2n) is 2.02. The Morgan fingerprint density at radius 1 is 1.50 bits per heavy atom. The summed E-state index contributed by atoms with van der Waals surface area (Å²) in [5.41, 5.74) is 1.09. The van der Waals surface area contributed by atoms with E-state index in [1.54, 1.807) is 12.4 Å². The smallest absolute Gasteiger partial charge is 0.0925 e. The molecule has 0 unspecified atom stereocenters. The maximum atomic E-state index is 5.59. The third-order valence-electron chi connectivity index (χ3n) is 1.28. The van der Waals surface area contributed by atoms with Crippen LogP contribution in [0.4, 0.5) is 5.69 Å². The molecule has 0 amide bonds. The fourth-order valence-electron chi connectivity index (χ4n) is 0.668. The van der Waals surface area contributed by atoms with Gasteiger partial charge in [0, 0.05) is 25.1 Å². The van der Waals surface area contributed by atoms with E-state index in [2.05, 4.69) is 4.98 Å². The molecule has 0 saturated heterocycles. The second kappa shape index (κ2) is 3.42. The Bertz CT molecular complexity index is 188. The van der Waals surface area contributed by atoms with Crippen LogP contribution in [0.3, 0.4) is 0 Å². The molecule has 0 spiro atoms. The summed E-state index contributed by atoms with van der Waals surface area (Å²) in [5.74, 6) is 0. The summed E-state index contributed by atoms with van der Waals surface area (Å²) in [5, 5.41) is 0. The van der Waals surface area contributed by atoms with Crippen molar-refractivity contribution < 1.29 is 0 Å². The summed E-state index contributed by atoms with van der Waals surface area (Å²) in [6.45, 7) is 0. The average molecular weight is 157 g/mol. The van der Waals surface area contributed by atoms with Crippen LogP contribution in [0.25, 0.3) is 0 Å². The van der Waals surface area contributed by atoms with Crippen molar-refractivity contribution in [3.8, 4) is 0 Å². The highest BCUT2D eigenvalue weighted by Gasteiger charge is 1.94. The van der Waals surface area contributed by atoms with E-state index in [1.807, 2.05) is 24.1 Å². The largest absolute Gasteiger partial charge is 0.361 e. The van der Waals surface area contributed by atoms with Crippen LogP contribution in [0, 0.1) is 0 Å². The molecule has 0 fully saturated rings. The van der Waals surface area contributed by atoms with Gasteiger partial charge < -0.3 is 4.90 Å². The highest BCUT2D eigenvalue weighted by Crippen LogP contribution is 2.09. The van der Waals surface area contributed by atoms with Crippen LogP contribution in [-0.4, -0.2) is 18.0 Å². The Morgan fingerprint density at radius 2 is 2.10 bits per heavy atom. The van der Waals surface area contributed by atoms with Gasteiger partial charge in [0.25, 0.3) is 0 Å². The topological polar surface area (TPSA) is 16.1 Å². The maximum absolute atomic E-state index is 5.59. The Kier molecular flexibility index (Phi) is 2.51. The number of pyridine rings is 1. The van der Waals surface area contributed by atoms with Gasteiger partial charge in [0.1, 0.15) is 0 Å². The summed E-state index contributed by atoms with van der Waals surface area (Å²) in [6.07, 6.45) is 3.50. The van der Waals surface area contributed by atoms with Gasteiger partial charge in [0.15, 0.2) is 0 Å². The first-order valence-corrected chi connectivity index (χ1v) is 3.55. The Morgan fingerprint density at radius 3 is 2.60 bits per heavy atom. The minimum Gasteiger partial charge on any atom is -0.361 e. The Balaban J connectivity index is 2.75. The average Bonchev–Trinajstić information content (AvgIpc) is 2.05. The standard InChI is InChI=1S/C7H9ClN2/c1-10(6-8)7-2-4-9-5-3-7/h2-5H,6H2,1H3. The van der Waals surface area contributed by atoms with Gasteiger partial charge in [0.2, 0.25) is 0 Å². The van der Waals surface area contributed by atoms with E-state index in [-0.39, 0.29) is 0 Å². The van der Waals surface area contributed by atoms with Crippen molar-refractivity contribution in [2.45, 2.75) is 0 Å². The van der Waals surface area contributed by atoms with Gasteiger partial charge in [-0.25, -0.2) is 0 Å². The molecule has 0 aromatic carbocycles. The van der Waals surface area contributed by atoms with Gasteiger partial charge in [-0.2, -0.15) is 0 Å². The first-order valence-electron chi connectivity index (χ1n) is 3.01. The summed E-state index contributed by atoms with van der Waals surface area (Å²) in [6, 6.07) is 4.34. The SMILES string of the molecule is CN(CCl)c1ccncc1. The summed E-state index contributed by atoms with van der Waals surface area (Å²) in [4.78, 5) is 5.83. The van der Waals surface area contributed by atoms with Crippen molar-refractivity contribution in [3.05, 3.63) is 24.5 Å². The number of alkyl halides is 1. The number of rotatable bonds is 2. The fraction of sp³-hybridized carbons (Fsp3) is 0.286. The molecular formula is C7H9ClN2. The predicted molar refractivity (Wildman–Crippen MR) is 43.4 cm³/mol. The Labute approximate surface area is 65.4 Å². The minimum atomic E-state index is 0.504. The molecule has 1 aromatic heterocycles. The van der Waals surface area contributed by atoms with Crippen molar-refractivity contribution in [3.63, 3.8) is 0 Å². The molecule has 3 heteroatoms. The molecule has 0 radical (unpaired) electrons. The van der Waals surface area contributed by atoms with Gasteiger partial charge >= 0.3 is 0 Å². The van der Waals surface area contributed by atoms with Crippen LogP contribution < -0.4 is 4.90 Å². The highest BCUT2D eigenvalue weighted by atomic mass is 35.5. The number of hydrogen-bond acceptors (Lipinski definition) is 2. The lowest BCUT2D eigenvalue weighted by molar-refractivity contribution is 1.08. The number of hydrogen-bond donors (Lipinski definition) is 0. The number of nitrogens with zero attached hydrogens (tertiary/aromatic N) is 2. The molecule has 54 valence electrons. The van der Waals surface area contributed by atoms with Crippen LogP contribution in [0.2, 0.25) is 0 Å². The highest BCUT2D eigenvalue weighted by molar-refractivity contribution is 6.18. The lowest BCUT2D eigenvalue weighted by atomic mass is 10.4. The predicted octanol–water partition coefficient (Wildman–Crippen LogP) is 1.71. The quantitative estimate of drug-likeness (QED) is 0.479. The van der Waals surface area contributed by atoms with Crippen LogP contribution in [-0.2, 0) is 0 Å². The van der Waals surface area contributed by atoms with Gasteiger partial charge in [-0.3, -0.25) is 4.98 Å². The van der Waals surface area contributed by atoms with E-state index in [9.17, 15) is 0 Å². The van der Waals surface area contributed by atoms with Gasteiger partial charge in [-0.1, -0.05) is 0 Å². The molecule has 10 heavy (non-hydrogen) atoms. The first kappa shape index (κ1) is 7.35. The van der Waals surface area contributed by atoms with Gasteiger partial charge in [-0.15, -0.1) is 11.6 Å². The normalized spacial score (nSPS) is 9.40. The molecule has 0 atom stereocenters. The minimum absolute atomic E-state index is 0.504. The molecule has 1 heterocycles. The molecule has 0 aliphatic heterocycles. The van der Waals surface area contributed by atoms with E-state index in [1.165, 1.54) is 0 Å². The number of anilines is 1. The van der Waals surface area contributed by atoms with E-state index in [4.69, 9.17) is 11.6 Å². The van der Waals surface area contributed by atoms with Crippen molar-refractivity contribution in [2.24, 2.45) is 0 Å². The van der Waals surface area contributed by atoms with E-state index in [0.29, 0.717) is 6.00 Å². The third-order valence-corrected chi connectivity index (χ3v) is 1.64. The second-order valence-corrected chi connectivity index (χ2v) is 2.26. The van der Waals surface area contributed by atoms with E-state index >= 15 is 0 Å². The molecule has 0 aliphatic carbocycles. The van der Waals surface area contributed by atoms with Crippen LogP contribution in [0.5, 0.6) is 0 Å². The Hall–Kier alpha value is -0.760. The maximum Gasteiger partial charge on any atom is 0.0925 e. The van der Waals surface area contributed by atoms with E-state index in [0.717, 1.165) is 5.69 Å². The van der Waals surface area contributed by atoms with Crippen molar-refractivity contribution in [1.82, 2.24) is 4.98 Å². The summed E-state index contributed by atoms with van der Waals surface area (Å²) >= 11 is 5.59. The molecule has 0 aliphatic rings. The fourth-order valence-corrected chi connectivity index (χ4v) is 0.806. The molecule has 1 rings (SSSR count). The van der Waals surface area contributed by atoms with Crippen molar-refractivity contribution >= 4 is 17.3 Å². The molecular weight excluding hydrogens is 148 g/mol. The van der Waals surface area contributed by atoms with Crippen molar-refractivity contribution in [2.75, 3.05) is 18.0 Å². The zero-order valence-electron chi connectivity index (χ0n) is 5.79. The number of aromatic nitrogens is 1. The van der Waals surface area contributed by atoms with Crippen LogP contribution >= 0.6 is 11.6 Å². The lowest BCUT2D eigenvalue weighted by Gasteiger charge is -2.13. The first-order chi connectivity index (χ1) is 4.84. The molecule has 0 bridgehead atoms. The molecule has 0 saturated carbocycles. The zero-order valence-corrected chi connectivity index (χ0v) is 6.54. The zero-order chi connectivity index (χ0) is 7.40. The third kappa shape index (κ3) is 1.61.